The third-order valence-electron chi connectivity index (χ3n) is 3.35. The predicted octanol–water partition coefficient (Wildman–Crippen LogP) is 2.30. The number of ether oxygens (including phenoxy) is 2. The first-order valence-corrected chi connectivity index (χ1v) is 8.05. The smallest absolute Gasteiger partial charge is 0.341 e. The first-order chi connectivity index (χ1) is 10.4. The first-order valence-electron chi connectivity index (χ1n) is 7.23. The van der Waals surface area contributed by atoms with E-state index in [0.717, 1.165) is 29.7 Å². The quantitative estimate of drug-likeness (QED) is 0.840. The number of aryl methyl sites for hydroxylation is 1. The van der Waals surface area contributed by atoms with Crippen LogP contribution >= 0.6 is 11.3 Å². The maximum absolute atomic E-state index is 12.2. The summed E-state index contributed by atoms with van der Waals surface area (Å²) in [7, 11) is 0. The van der Waals surface area contributed by atoms with Crippen molar-refractivity contribution in [2.24, 2.45) is 0 Å². The maximum Gasteiger partial charge on any atom is 0.341 e. The highest BCUT2D eigenvalue weighted by atomic mass is 32.1. The number of fused-ring (bicyclic) bond motifs is 1. The van der Waals surface area contributed by atoms with Crippen LogP contribution in [-0.2, 0) is 31.9 Å². The van der Waals surface area contributed by atoms with Gasteiger partial charge in [0.05, 0.1) is 12.2 Å². The van der Waals surface area contributed by atoms with Crippen molar-refractivity contribution in [2.45, 2.75) is 46.1 Å². The molecule has 0 bridgehead atoms. The van der Waals surface area contributed by atoms with Crippen molar-refractivity contribution in [3.8, 4) is 0 Å². The van der Waals surface area contributed by atoms with Gasteiger partial charge in [-0.25, -0.2) is 4.79 Å². The number of hydrogen-bond donors (Lipinski definition) is 1. The molecule has 1 aromatic heterocycles. The Bertz CT molecular complexity index is 607. The summed E-state index contributed by atoms with van der Waals surface area (Å²) in [6.07, 6.45) is 1.81. The van der Waals surface area contributed by atoms with Crippen molar-refractivity contribution in [2.75, 3.05) is 11.9 Å². The van der Waals surface area contributed by atoms with Crippen LogP contribution in [0.3, 0.4) is 0 Å². The topological polar surface area (TPSA) is 81.7 Å². The van der Waals surface area contributed by atoms with Crippen LogP contribution in [0.1, 0.15) is 48.0 Å². The monoisotopic (exact) mass is 325 g/mol. The highest BCUT2D eigenvalue weighted by Crippen LogP contribution is 2.39. The van der Waals surface area contributed by atoms with Gasteiger partial charge in [-0.2, -0.15) is 0 Å². The second-order valence-electron chi connectivity index (χ2n) is 5.02. The predicted molar refractivity (Wildman–Crippen MR) is 82.2 cm³/mol. The lowest BCUT2D eigenvalue weighted by Gasteiger charge is -2.12. The van der Waals surface area contributed by atoms with Gasteiger partial charge < -0.3 is 14.8 Å². The normalized spacial score (nSPS) is 14.1. The molecule has 0 radical (unpaired) electrons. The molecule has 1 aromatic rings. The lowest BCUT2D eigenvalue weighted by molar-refractivity contribution is -0.150. The molecule has 22 heavy (non-hydrogen) atoms. The van der Waals surface area contributed by atoms with Gasteiger partial charge in [0.15, 0.2) is 6.10 Å². The van der Waals surface area contributed by atoms with Crippen molar-refractivity contribution in [1.82, 2.24) is 0 Å². The Labute approximate surface area is 132 Å². The summed E-state index contributed by atoms with van der Waals surface area (Å²) < 4.78 is 9.94. The SMILES string of the molecule is CCOC(=O)c1c(NC(=O)[C@H](C)OC(C)=O)sc2c1CCC2. The van der Waals surface area contributed by atoms with Crippen molar-refractivity contribution >= 4 is 34.2 Å². The van der Waals surface area contributed by atoms with Gasteiger partial charge in [0.1, 0.15) is 5.00 Å². The van der Waals surface area contributed by atoms with E-state index in [4.69, 9.17) is 9.47 Å². The third-order valence-corrected chi connectivity index (χ3v) is 4.56. The number of hydrogen-bond acceptors (Lipinski definition) is 6. The second-order valence-corrected chi connectivity index (χ2v) is 6.13. The van der Waals surface area contributed by atoms with Gasteiger partial charge in [-0.1, -0.05) is 0 Å². The number of esters is 2. The van der Waals surface area contributed by atoms with Gasteiger partial charge in [0, 0.05) is 11.8 Å². The Hall–Kier alpha value is -1.89. The second kappa shape index (κ2) is 6.91. The van der Waals surface area contributed by atoms with Gasteiger partial charge in [-0.15, -0.1) is 11.3 Å². The van der Waals surface area contributed by atoms with E-state index in [1.54, 1.807) is 6.92 Å². The van der Waals surface area contributed by atoms with E-state index >= 15 is 0 Å². The Morgan fingerprint density at radius 2 is 2.05 bits per heavy atom. The van der Waals surface area contributed by atoms with Crippen molar-refractivity contribution in [3.63, 3.8) is 0 Å². The van der Waals surface area contributed by atoms with Crippen LogP contribution in [0.2, 0.25) is 0 Å². The number of thiophene rings is 1. The Balaban J connectivity index is 2.22. The molecule has 0 fully saturated rings. The van der Waals surface area contributed by atoms with Crippen LogP contribution in [0.5, 0.6) is 0 Å². The Morgan fingerprint density at radius 3 is 2.68 bits per heavy atom. The molecule has 0 aliphatic heterocycles. The molecular formula is C15H19NO5S. The van der Waals surface area contributed by atoms with Crippen LogP contribution in [0.15, 0.2) is 0 Å². The molecular weight excluding hydrogens is 306 g/mol. The number of carbonyl (C=O) groups excluding carboxylic acids is 3. The third kappa shape index (κ3) is 3.47. The minimum absolute atomic E-state index is 0.278. The molecule has 0 aromatic carbocycles. The number of carbonyl (C=O) groups is 3. The molecule has 1 heterocycles. The summed E-state index contributed by atoms with van der Waals surface area (Å²) in [5.41, 5.74) is 1.42. The zero-order chi connectivity index (χ0) is 16.3. The average Bonchev–Trinajstić information content (AvgIpc) is 2.97. The van der Waals surface area contributed by atoms with Crippen molar-refractivity contribution in [3.05, 3.63) is 16.0 Å². The molecule has 2 rings (SSSR count). The summed E-state index contributed by atoms with van der Waals surface area (Å²) in [4.78, 5) is 36.3. The van der Waals surface area contributed by atoms with Gasteiger partial charge in [0.2, 0.25) is 0 Å². The lowest BCUT2D eigenvalue weighted by atomic mass is 10.1. The molecule has 0 spiro atoms. The van der Waals surface area contributed by atoms with Crippen LogP contribution in [0, 0.1) is 0 Å². The average molecular weight is 325 g/mol. The van der Waals surface area contributed by atoms with Crippen LogP contribution in [-0.4, -0.2) is 30.6 Å². The molecule has 6 nitrogen and oxygen atoms in total. The molecule has 1 aliphatic rings. The van der Waals surface area contributed by atoms with Crippen molar-refractivity contribution < 1.29 is 23.9 Å². The molecule has 0 saturated carbocycles. The number of anilines is 1. The number of nitrogens with one attached hydrogen (secondary N) is 1. The maximum atomic E-state index is 12.2. The van der Waals surface area contributed by atoms with Gasteiger partial charge in [-0.3, -0.25) is 9.59 Å². The summed E-state index contributed by atoms with van der Waals surface area (Å²) in [6, 6.07) is 0. The minimum Gasteiger partial charge on any atom is -0.462 e. The van der Waals surface area contributed by atoms with Crippen LogP contribution in [0.4, 0.5) is 5.00 Å². The van der Waals surface area contributed by atoms with E-state index in [9.17, 15) is 14.4 Å². The van der Waals surface area contributed by atoms with Gasteiger partial charge >= 0.3 is 11.9 Å². The van der Waals surface area contributed by atoms with E-state index in [1.165, 1.54) is 25.2 Å². The van der Waals surface area contributed by atoms with E-state index in [0.29, 0.717) is 10.6 Å². The molecule has 0 saturated heterocycles. The van der Waals surface area contributed by atoms with Gasteiger partial charge in [0.25, 0.3) is 5.91 Å². The minimum atomic E-state index is -0.913. The lowest BCUT2D eigenvalue weighted by Crippen LogP contribution is -2.29. The fraction of sp³-hybridized carbons (Fsp3) is 0.533. The van der Waals surface area contributed by atoms with Crippen LogP contribution in [0.25, 0.3) is 0 Å². The number of amides is 1. The Kier molecular flexibility index (Phi) is 5.18. The summed E-state index contributed by atoms with van der Waals surface area (Å²) in [5.74, 6) is -1.40. The standard InChI is InChI=1S/C15H19NO5S/c1-4-20-15(19)12-10-6-5-7-11(10)22-14(12)16-13(18)8(2)21-9(3)17/h8H,4-7H2,1-3H3,(H,16,18)/t8-/m0/s1. The number of rotatable bonds is 5. The highest BCUT2D eigenvalue weighted by molar-refractivity contribution is 7.17. The molecule has 7 heteroatoms. The molecule has 1 N–H and O–H groups in total. The van der Waals surface area contributed by atoms with Crippen LogP contribution < -0.4 is 5.32 Å². The summed E-state index contributed by atoms with van der Waals surface area (Å²) in [5, 5.41) is 3.16. The largest absolute Gasteiger partial charge is 0.462 e. The molecule has 0 unspecified atom stereocenters. The van der Waals surface area contributed by atoms with E-state index in [1.807, 2.05) is 0 Å². The fourth-order valence-corrected chi connectivity index (χ4v) is 3.71. The summed E-state index contributed by atoms with van der Waals surface area (Å²) in [6.45, 7) is 4.75. The molecule has 1 aliphatic carbocycles. The zero-order valence-corrected chi connectivity index (χ0v) is 13.7. The van der Waals surface area contributed by atoms with E-state index in [2.05, 4.69) is 5.32 Å². The zero-order valence-electron chi connectivity index (χ0n) is 12.9. The molecule has 1 atom stereocenters. The summed E-state index contributed by atoms with van der Waals surface area (Å²) >= 11 is 1.39. The van der Waals surface area contributed by atoms with Crippen molar-refractivity contribution in [1.29, 1.82) is 0 Å². The molecule has 120 valence electrons. The van der Waals surface area contributed by atoms with Gasteiger partial charge in [-0.05, 0) is 38.7 Å². The highest BCUT2D eigenvalue weighted by Gasteiger charge is 2.29. The first kappa shape index (κ1) is 16.5. The van der Waals surface area contributed by atoms with E-state index < -0.39 is 23.9 Å². The fourth-order valence-electron chi connectivity index (χ4n) is 2.43. The molecule has 1 amide bonds. The van der Waals surface area contributed by atoms with E-state index in [-0.39, 0.29) is 6.61 Å². The Morgan fingerprint density at radius 1 is 1.32 bits per heavy atom.